The van der Waals surface area contributed by atoms with E-state index in [1.54, 1.807) is 0 Å². The summed E-state index contributed by atoms with van der Waals surface area (Å²) in [5.74, 6) is -1.09. The molecule has 0 aliphatic carbocycles. The van der Waals surface area contributed by atoms with Crippen LogP contribution in [-0.4, -0.2) is 36.9 Å². The van der Waals surface area contributed by atoms with E-state index in [0.717, 1.165) is 0 Å². The second kappa shape index (κ2) is 8.14. The lowest BCUT2D eigenvalue weighted by Gasteiger charge is -2.21. The molecular weight excluding hydrogens is 284 g/mol. The Hall–Kier alpha value is -1.24. The van der Waals surface area contributed by atoms with Gasteiger partial charge in [0.1, 0.15) is 0 Å². The molecule has 0 saturated carbocycles. The van der Waals surface area contributed by atoms with Crippen molar-refractivity contribution in [1.82, 2.24) is 0 Å². The maximum Gasteiger partial charge on any atom is 0.514 e. The molecule has 1 unspecified atom stereocenters. The molecule has 0 aliphatic heterocycles. The van der Waals surface area contributed by atoms with Gasteiger partial charge in [0.25, 0.3) is 0 Å². The fraction of sp³-hybridized carbons (Fsp3) is 0.833. The molecule has 0 aromatic carbocycles. The van der Waals surface area contributed by atoms with Crippen LogP contribution in [0.3, 0.4) is 0 Å². The number of carbonyl (C=O) groups excluding carboxylic acids is 1. The van der Waals surface area contributed by atoms with Crippen molar-refractivity contribution in [3.05, 3.63) is 5.53 Å². The number of ether oxygens (including phenoxy) is 1. The van der Waals surface area contributed by atoms with Gasteiger partial charge >= 0.3 is 21.1 Å². The van der Waals surface area contributed by atoms with Gasteiger partial charge in [-0.25, -0.2) is 4.79 Å². The van der Waals surface area contributed by atoms with Crippen molar-refractivity contribution in [3.63, 3.8) is 0 Å². The molecule has 0 bridgehead atoms. The van der Waals surface area contributed by atoms with Gasteiger partial charge in [0.2, 0.25) is 0 Å². The second-order valence-electron chi connectivity index (χ2n) is 5.09. The summed E-state index contributed by atoms with van der Waals surface area (Å²) < 4.78 is 33.4. The summed E-state index contributed by atoms with van der Waals surface area (Å²) in [5, 5.41) is -1.13. The Bertz CT molecular complexity index is 478. The van der Waals surface area contributed by atoms with Gasteiger partial charge in [-0.1, -0.05) is 27.7 Å². The molecule has 0 aliphatic rings. The Balaban J connectivity index is 5.21. The van der Waals surface area contributed by atoms with Crippen LogP contribution >= 0.6 is 0 Å². The van der Waals surface area contributed by atoms with Gasteiger partial charge in [-0.05, 0) is 25.2 Å². The molecule has 0 aromatic heterocycles. The van der Waals surface area contributed by atoms with Crippen molar-refractivity contribution in [2.75, 3.05) is 6.61 Å². The first-order chi connectivity index (χ1) is 9.15. The van der Waals surface area contributed by atoms with E-state index < -0.39 is 27.2 Å². The van der Waals surface area contributed by atoms with Crippen LogP contribution in [0.2, 0.25) is 0 Å². The van der Waals surface area contributed by atoms with Crippen LogP contribution in [0.5, 0.6) is 0 Å². The molecule has 0 heterocycles. The van der Waals surface area contributed by atoms with Crippen LogP contribution in [0.1, 0.15) is 41.0 Å². The van der Waals surface area contributed by atoms with E-state index in [1.165, 1.54) is 6.92 Å². The van der Waals surface area contributed by atoms with Gasteiger partial charge in [0.05, 0.1) is 12.7 Å². The van der Waals surface area contributed by atoms with Gasteiger partial charge < -0.3 is 10.3 Å². The summed E-state index contributed by atoms with van der Waals surface area (Å²) >= 11 is 0. The molecular formula is C12H22N2O5S. The Morgan fingerprint density at radius 2 is 1.80 bits per heavy atom. The zero-order valence-corrected chi connectivity index (χ0v) is 13.3. The molecule has 0 fully saturated rings. The van der Waals surface area contributed by atoms with Gasteiger partial charge in [0.15, 0.2) is 0 Å². The van der Waals surface area contributed by atoms with E-state index in [4.69, 9.17) is 9.71 Å². The highest BCUT2D eigenvalue weighted by Crippen LogP contribution is 2.19. The monoisotopic (exact) mass is 306 g/mol. The molecule has 20 heavy (non-hydrogen) atoms. The third kappa shape index (κ3) is 5.81. The van der Waals surface area contributed by atoms with Gasteiger partial charge in [0, 0.05) is 0 Å². The first-order valence-electron chi connectivity index (χ1n) is 6.48. The molecule has 0 amide bonds. The van der Waals surface area contributed by atoms with Crippen LogP contribution in [0.15, 0.2) is 0 Å². The average Bonchev–Trinajstić information content (AvgIpc) is 2.27. The summed E-state index contributed by atoms with van der Waals surface area (Å²) in [5.41, 5.74) is 8.72. The number of rotatable bonds is 6. The lowest BCUT2D eigenvalue weighted by atomic mass is 9.98. The minimum Gasteiger partial charge on any atom is -0.456 e. The molecule has 0 rings (SSSR count). The highest BCUT2D eigenvalue weighted by atomic mass is 32.2. The van der Waals surface area contributed by atoms with E-state index >= 15 is 0 Å². The normalized spacial score (nSPS) is 13.2. The van der Waals surface area contributed by atoms with E-state index in [2.05, 4.69) is 9.53 Å². The van der Waals surface area contributed by atoms with Crippen molar-refractivity contribution >= 4 is 21.1 Å². The Morgan fingerprint density at radius 3 is 2.15 bits per heavy atom. The predicted molar refractivity (Wildman–Crippen MR) is 73.3 cm³/mol. The van der Waals surface area contributed by atoms with Crippen molar-refractivity contribution in [3.8, 4) is 0 Å². The van der Waals surface area contributed by atoms with Crippen molar-refractivity contribution < 1.29 is 26.9 Å². The lowest BCUT2D eigenvalue weighted by molar-refractivity contribution is -0.139. The summed E-state index contributed by atoms with van der Waals surface area (Å²) in [7, 11) is -4.46. The summed E-state index contributed by atoms with van der Waals surface area (Å²) in [6.07, 6.45) is -0.107. The second-order valence-corrected chi connectivity index (χ2v) is 6.58. The van der Waals surface area contributed by atoms with E-state index in [9.17, 15) is 13.2 Å². The van der Waals surface area contributed by atoms with Crippen LogP contribution in [-0.2, 0) is 23.8 Å². The fourth-order valence-electron chi connectivity index (χ4n) is 1.48. The lowest BCUT2D eigenvalue weighted by Crippen LogP contribution is -2.34. The Kier molecular flexibility index (Phi) is 7.63. The zero-order valence-electron chi connectivity index (χ0n) is 12.5. The average molecular weight is 306 g/mol. The largest absolute Gasteiger partial charge is 0.514 e. The smallest absolute Gasteiger partial charge is 0.456 e. The molecule has 0 spiro atoms. The number of carbonyl (C=O) groups is 1. The van der Waals surface area contributed by atoms with E-state index in [0.29, 0.717) is 6.42 Å². The van der Waals surface area contributed by atoms with Gasteiger partial charge in [-0.15, -0.1) is 4.79 Å². The maximum absolute atomic E-state index is 12.0. The van der Waals surface area contributed by atoms with Gasteiger partial charge in [-0.3, -0.25) is 4.18 Å². The van der Waals surface area contributed by atoms with Crippen molar-refractivity contribution in [2.45, 2.75) is 47.1 Å². The molecule has 0 saturated heterocycles. The quantitative estimate of drug-likeness (QED) is 0.185. The van der Waals surface area contributed by atoms with Gasteiger partial charge in [-0.2, -0.15) is 8.42 Å². The molecule has 0 N–H and O–H groups in total. The van der Waals surface area contributed by atoms with E-state index in [1.807, 2.05) is 27.7 Å². The summed E-state index contributed by atoms with van der Waals surface area (Å²) in [6.45, 7) is 8.95. The highest BCUT2D eigenvalue weighted by molar-refractivity contribution is 8.04. The maximum atomic E-state index is 12.0. The molecule has 1 atom stereocenters. The van der Waals surface area contributed by atoms with Crippen LogP contribution < -0.4 is 0 Å². The number of hydrogen-bond acceptors (Lipinski definition) is 5. The minimum atomic E-state index is -4.46. The first-order valence-corrected chi connectivity index (χ1v) is 7.88. The third-order valence-electron chi connectivity index (χ3n) is 2.48. The van der Waals surface area contributed by atoms with Crippen molar-refractivity contribution in [2.24, 2.45) is 11.8 Å². The number of nitrogens with zero attached hydrogens (tertiary/aromatic N) is 2. The standard InChI is InChI=1S/C12H22N2O5S/c1-6-18-12(15)11(14-13)20(16,17)19-10(9(4)5)7-8(2)3/h8-10H,6-7H2,1-5H3. The Labute approximate surface area is 120 Å². The predicted octanol–water partition coefficient (Wildman–Crippen LogP) is 1.59. The molecule has 116 valence electrons. The Morgan fingerprint density at radius 1 is 1.25 bits per heavy atom. The highest BCUT2D eigenvalue weighted by Gasteiger charge is 2.41. The van der Waals surface area contributed by atoms with Crippen LogP contribution in [0.25, 0.3) is 5.53 Å². The van der Waals surface area contributed by atoms with E-state index in [-0.39, 0.29) is 18.4 Å². The van der Waals surface area contributed by atoms with Crippen LogP contribution in [0.4, 0.5) is 0 Å². The fourth-order valence-corrected chi connectivity index (χ4v) is 2.56. The van der Waals surface area contributed by atoms with Crippen LogP contribution in [0, 0.1) is 11.8 Å². The third-order valence-corrected chi connectivity index (χ3v) is 3.70. The minimum absolute atomic E-state index is 0.0347. The summed E-state index contributed by atoms with van der Waals surface area (Å²) in [4.78, 5) is 13.9. The SMILES string of the molecule is CCOC(=O)C(=[N+]=[N-])S(=O)(=O)OC(CC(C)C)C(C)C. The van der Waals surface area contributed by atoms with Crippen molar-refractivity contribution in [1.29, 1.82) is 0 Å². The number of hydrogen-bond donors (Lipinski definition) is 0. The summed E-state index contributed by atoms with van der Waals surface area (Å²) in [6, 6.07) is 0. The zero-order chi connectivity index (χ0) is 15.9. The topological polar surface area (TPSA) is 106 Å². The number of esters is 1. The molecule has 0 aromatic rings. The molecule has 0 radical (unpaired) electrons. The first kappa shape index (κ1) is 18.8. The molecule has 7 nitrogen and oxygen atoms in total. The molecule has 8 heteroatoms.